The zero-order chi connectivity index (χ0) is 13.0. The first-order chi connectivity index (χ1) is 8.69. The Balaban J connectivity index is 1.82. The molecular formula is C13H21N3O2. The summed E-state index contributed by atoms with van der Waals surface area (Å²) in [5.41, 5.74) is 1.53. The summed E-state index contributed by atoms with van der Waals surface area (Å²) in [6, 6.07) is 4.22. The smallest absolute Gasteiger partial charge is 0.354 e. The highest BCUT2D eigenvalue weighted by molar-refractivity contribution is 5.87. The van der Waals surface area contributed by atoms with E-state index in [0.29, 0.717) is 11.7 Å². The lowest BCUT2D eigenvalue weighted by molar-refractivity contribution is 0.0594. The zero-order valence-electron chi connectivity index (χ0n) is 11.0. The zero-order valence-corrected chi connectivity index (χ0v) is 11.0. The van der Waals surface area contributed by atoms with Crippen LogP contribution in [-0.2, 0) is 11.3 Å². The number of hydrogen-bond acceptors (Lipinski definition) is 4. The van der Waals surface area contributed by atoms with Gasteiger partial charge in [-0.1, -0.05) is 0 Å². The topological polar surface area (TPSA) is 57.4 Å². The summed E-state index contributed by atoms with van der Waals surface area (Å²) in [5, 5.41) is 3.51. The molecule has 5 heteroatoms. The van der Waals surface area contributed by atoms with E-state index in [-0.39, 0.29) is 5.97 Å². The fourth-order valence-electron chi connectivity index (χ4n) is 2.36. The predicted molar refractivity (Wildman–Crippen MR) is 69.5 cm³/mol. The van der Waals surface area contributed by atoms with Crippen LogP contribution in [0.3, 0.4) is 0 Å². The van der Waals surface area contributed by atoms with E-state index in [1.165, 1.54) is 26.5 Å². The number of ether oxygens (including phenoxy) is 1. The van der Waals surface area contributed by atoms with Crippen molar-refractivity contribution in [2.24, 2.45) is 0 Å². The molecule has 1 aromatic heterocycles. The number of carbonyl (C=O) groups is 1. The number of carbonyl (C=O) groups excluding carboxylic acids is 1. The molecule has 0 bridgehead atoms. The summed E-state index contributed by atoms with van der Waals surface area (Å²) in [4.78, 5) is 16.7. The molecule has 18 heavy (non-hydrogen) atoms. The quantitative estimate of drug-likeness (QED) is 0.783. The van der Waals surface area contributed by atoms with Gasteiger partial charge in [-0.2, -0.15) is 0 Å². The van der Waals surface area contributed by atoms with E-state index in [9.17, 15) is 4.79 Å². The molecule has 1 aromatic rings. The van der Waals surface area contributed by atoms with Gasteiger partial charge >= 0.3 is 5.97 Å². The Morgan fingerprint density at radius 3 is 3.17 bits per heavy atom. The van der Waals surface area contributed by atoms with Crippen molar-refractivity contribution in [3.8, 4) is 0 Å². The Morgan fingerprint density at radius 2 is 2.44 bits per heavy atom. The molecule has 2 N–H and O–H groups in total. The van der Waals surface area contributed by atoms with Crippen LogP contribution in [0.25, 0.3) is 0 Å². The average Bonchev–Trinajstić information content (AvgIpc) is 2.84. The SMILES string of the molecule is COC(=O)c1ccc(CNC2CCCN(C)C2)[nH]1. The maximum atomic E-state index is 11.3. The number of esters is 1. The summed E-state index contributed by atoms with van der Waals surface area (Å²) < 4.78 is 4.66. The van der Waals surface area contributed by atoms with Gasteiger partial charge in [0.2, 0.25) is 0 Å². The van der Waals surface area contributed by atoms with Crippen LogP contribution >= 0.6 is 0 Å². The largest absolute Gasteiger partial charge is 0.464 e. The van der Waals surface area contributed by atoms with Crippen LogP contribution in [-0.4, -0.2) is 49.1 Å². The third-order valence-corrected chi connectivity index (χ3v) is 3.36. The van der Waals surface area contributed by atoms with E-state index in [4.69, 9.17) is 0 Å². The highest BCUT2D eigenvalue weighted by Gasteiger charge is 2.16. The minimum atomic E-state index is -0.321. The van der Waals surface area contributed by atoms with Gasteiger partial charge in [0, 0.05) is 24.8 Å². The first kappa shape index (κ1) is 13.1. The highest BCUT2D eigenvalue weighted by atomic mass is 16.5. The monoisotopic (exact) mass is 251 g/mol. The predicted octanol–water partition coefficient (Wildman–Crippen LogP) is 0.985. The molecule has 0 aliphatic carbocycles. The average molecular weight is 251 g/mol. The molecule has 1 saturated heterocycles. The number of nitrogens with zero attached hydrogens (tertiary/aromatic N) is 1. The number of aromatic nitrogens is 1. The molecule has 0 amide bonds. The second-order valence-corrected chi connectivity index (χ2v) is 4.87. The van der Waals surface area contributed by atoms with Gasteiger partial charge in [0.05, 0.1) is 7.11 Å². The Morgan fingerprint density at radius 1 is 1.61 bits per heavy atom. The molecule has 2 rings (SSSR count). The molecule has 0 spiro atoms. The number of rotatable bonds is 4. The number of H-pyrrole nitrogens is 1. The van der Waals surface area contributed by atoms with Crippen molar-refractivity contribution in [3.05, 3.63) is 23.5 Å². The Bertz CT molecular complexity index is 403. The van der Waals surface area contributed by atoms with E-state index >= 15 is 0 Å². The number of nitrogens with one attached hydrogen (secondary N) is 2. The first-order valence-corrected chi connectivity index (χ1v) is 6.37. The lowest BCUT2D eigenvalue weighted by Gasteiger charge is -2.30. The normalized spacial score (nSPS) is 20.9. The van der Waals surface area contributed by atoms with Gasteiger partial charge in [-0.15, -0.1) is 0 Å². The number of likely N-dealkylation sites (N-methyl/N-ethyl adjacent to an activating group) is 1. The molecule has 1 aliphatic heterocycles. The lowest BCUT2D eigenvalue weighted by atomic mass is 10.1. The van der Waals surface area contributed by atoms with Crippen molar-refractivity contribution in [2.75, 3.05) is 27.2 Å². The molecule has 0 saturated carbocycles. The van der Waals surface area contributed by atoms with Gasteiger partial charge in [-0.25, -0.2) is 4.79 Å². The maximum absolute atomic E-state index is 11.3. The summed E-state index contributed by atoms with van der Waals surface area (Å²) >= 11 is 0. The molecule has 1 atom stereocenters. The van der Waals surface area contributed by atoms with E-state index in [1.807, 2.05) is 6.07 Å². The van der Waals surface area contributed by atoms with Crippen molar-refractivity contribution >= 4 is 5.97 Å². The molecule has 0 radical (unpaired) electrons. The van der Waals surface area contributed by atoms with E-state index in [1.54, 1.807) is 6.07 Å². The Hall–Kier alpha value is -1.33. The van der Waals surface area contributed by atoms with Crippen LogP contribution in [0.5, 0.6) is 0 Å². The van der Waals surface area contributed by atoms with Crippen molar-refractivity contribution in [1.29, 1.82) is 0 Å². The molecule has 1 unspecified atom stereocenters. The lowest BCUT2D eigenvalue weighted by Crippen LogP contribution is -2.43. The van der Waals surface area contributed by atoms with Crippen molar-refractivity contribution in [1.82, 2.24) is 15.2 Å². The molecule has 100 valence electrons. The second-order valence-electron chi connectivity index (χ2n) is 4.87. The number of aromatic amines is 1. The van der Waals surface area contributed by atoms with Gasteiger partial charge in [-0.05, 0) is 38.6 Å². The third-order valence-electron chi connectivity index (χ3n) is 3.36. The second kappa shape index (κ2) is 6.02. The minimum Gasteiger partial charge on any atom is -0.464 e. The standard InChI is InChI=1S/C13H21N3O2/c1-16-7-3-4-11(9-16)14-8-10-5-6-12(15-10)13(17)18-2/h5-6,11,14-15H,3-4,7-9H2,1-2H3. The Kier molecular flexibility index (Phi) is 4.38. The highest BCUT2D eigenvalue weighted by Crippen LogP contribution is 2.09. The Labute approximate surface area is 108 Å². The molecule has 1 aliphatic rings. The summed E-state index contributed by atoms with van der Waals surface area (Å²) in [6.07, 6.45) is 2.46. The number of piperidine rings is 1. The fraction of sp³-hybridized carbons (Fsp3) is 0.615. The summed E-state index contributed by atoms with van der Waals surface area (Å²) in [5.74, 6) is -0.321. The summed E-state index contributed by atoms with van der Waals surface area (Å²) in [7, 11) is 3.54. The molecular weight excluding hydrogens is 230 g/mol. The van der Waals surface area contributed by atoms with Crippen LogP contribution in [0.1, 0.15) is 29.0 Å². The number of likely N-dealkylation sites (tertiary alicyclic amines) is 1. The van der Waals surface area contributed by atoms with Gasteiger partial charge in [-0.3, -0.25) is 0 Å². The maximum Gasteiger partial charge on any atom is 0.354 e. The van der Waals surface area contributed by atoms with Crippen LogP contribution in [0.4, 0.5) is 0 Å². The molecule has 0 aromatic carbocycles. The first-order valence-electron chi connectivity index (χ1n) is 6.37. The van der Waals surface area contributed by atoms with Gasteiger partial charge < -0.3 is 19.9 Å². The van der Waals surface area contributed by atoms with Crippen LogP contribution in [0.2, 0.25) is 0 Å². The molecule has 1 fully saturated rings. The van der Waals surface area contributed by atoms with E-state index in [2.05, 4.69) is 27.0 Å². The van der Waals surface area contributed by atoms with Crippen molar-refractivity contribution in [2.45, 2.75) is 25.4 Å². The molecule has 5 nitrogen and oxygen atoms in total. The van der Waals surface area contributed by atoms with E-state index < -0.39 is 0 Å². The minimum absolute atomic E-state index is 0.321. The summed E-state index contributed by atoms with van der Waals surface area (Å²) in [6.45, 7) is 3.03. The molecule has 2 heterocycles. The van der Waals surface area contributed by atoms with Gasteiger partial charge in [0.25, 0.3) is 0 Å². The van der Waals surface area contributed by atoms with Crippen LogP contribution in [0.15, 0.2) is 12.1 Å². The number of hydrogen-bond donors (Lipinski definition) is 2. The van der Waals surface area contributed by atoms with Crippen LogP contribution < -0.4 is 5.32 Å². The van der Waals surface area contributed by atoms with Crippen molar-refractivity contribution in [3.63, 3.8) is 0 Å². The number of methoxy groups -OCH3 is 1. The van der Waals surface area contributed by atoms with Gasteiger partial charge in [0.15, 0.2) is 0 Å². The third kappa shape index (κ3) is 3.34. The van der Waals surface area contributed by atoms with Crippen molar-refractivity contribution < 1.29 is 9.53 Å². The van der Waals surface area contributed by atoms with Crippen LogP contribution in [0, 0.1) is 0 Å². The fourth-order valence-corrected chi connectivity index (χ4v) is 2.36. The van der Waals surface area contributed by atoms with E-state index in [0.717, 1.165) is 18.8 Å². The van der Waals surface area contributed by atoms with Gasteiger partial charge in [0.1, 0.15) is 5.69 Å².